The third kappa shape index (κ3) is 7.84. The van der Waals surface area contributed by atoms with Crippen molar-refractivity contribution in [3.63, 3.8) is 0 Å². The molecule has 4 aromatic carbocycles. The van der Waals surface area contributed by atoms with Crippen LogP contribution in [0.25, 0.3) is 11.2 Å². The Labute approximate surface area is 343 Å². The van der Waals surface area contributed by atoms with Crippen molar-refractivity contribution in [1.82, 2.24) is 24.6 Å². The number of amides is 2. The maximum atomic E-state index is 14.6. The molecular weight excluding hydrogens is 767 g/mol. The molecule has 15 heteroatoms. The van der Waals surface area contributed by atoms with E-state index in [4.69, 9.17) is 18.7 Å². The number of imidazole rings is 1. The molecule has 1 fully saturated rings. The topological polar surface area (TPSA) is 153 Å². The molecule has 1 saturated heterocycles. The van der Waals surface area contributed by atoms with Crippen molar-refractivity contribution >= 4 is 59.2 Å². The van der Waals surface area contributed by atoms with Crippen molar-refractivity contribution in [2.45, 2.75) is 57.8 Å². The lowest BCUT2D eigenvalue weighted by Crippen LogP contribution is -2.67. The van der Waals surface area contributed by atoms with Crippen molar-refractivity contribution in [3.05, 3.63) is 133 Å². The first-order chi connectivity index (χ1) is 28.4. The average molecular weight is 814 g/mol. The number of nitrogens with zero attached hydrogens (tertiary/aromatic N) is 6. The van der Waals surface area contributed by atoms with Gasteiger partial charge in [-0.1, -0.05) is 118 Å². The van der Waals surface area contributed by atoms with E-state index in [0.29, 0.717) is 11.4 Å². The summed E-state index contributed by atoms with van der Waals surface area (Å²) in [5.74, 6) is -1.69. The highest BCUT2D eigenvalue weighted by Crippen LogP contribution is 2.42. The molecule has 2 atom stereocenters. The van der Waals surface area contributed by atoms with Gasteiger partial charge in [0.25, 0.3) is 14.0 Å². The molecule has 0 unspecified atom stereocenters. The van der Waals surface area contributed by atoms with Crippen molar-refractivity contribution < 1.29 is 33.1 Å². The zero-order chi connectivity index (χ0) is 41.8. The number of hydroxylamine groups is 2. The predicted molar refractivity (Wildman–Crippen MR) is 225 cm³/mol. The molecule has 7 rings (SSSR count). The van der Waals surface area contributed by atoms with E-state index in [1.54, 1.807) is 67.6 Å². The van der Waals surface area contributed by atoms with E-state index in [0.717, 1.165) is 10.4 Å². The van der Waals surface area contributed by atoms with Crippen LogP contribution >= 0.6 is 0 Å². The number of aromatic amines is 1. The number of esters is 1. The van der Waals surface area contributed by atoms with Crippen LogP contribution in [0.5, 0.6) is 5.88 Å². The van der Waals surface area contributed by atoms with E-state index in [1.165, 1.54) is 22.7 Å². The molecule has 0 aliphatic carbocycles. The van der Waals surface area contributed by atoms with E-state index in [9.17, 15) is 14.4 Å². The van der Waals surface area contributed by atoms with E-state index < -0.39 is 38.1 Å². The van der Waals surface area contributed by atoms with Gasteiger partial charge in [0.15, 0.2) is 5.65 Å². The first-order valence-corrected chi connectivity index (χ1v) is 21.3. The molecule has 0 saturated carbocycles. The van der Waals surface area contributed by atoms with E-state index >= 15 is 0 Å². The van der Waals surface area contributed by atoms with Crippen molar-refractivity contribution in [1.29, 1.82) is 0 Å². The van der Waals surface area contributed by atoms with Gasteiger partial charge in [0, 0.05) is 20.4 Å². The highest BCUT2D eigenvalue weighted by atomic mass is 28.4. The number of aromatic nitrogens is 4. The average Bonchev–Trinajstić information content (AvgIpc) is 3.84. The molecule has 6 aromatic rings. The van der Waals surface area contributed by atoms with Crippen molar-refractivity contribution in [2.75, 3.05) is 25.2 Å². The normalized spacial score (nSPS) is 17.5. The van der Waals surface area contributed by atoms with Crippen LogP contribution in [0.3, 0.4) is 0 Å². The largest absolute Gasteiger partial charge is 0.462 e. The number of anilines is 2. The van der Waals surface area contributed by atoms with Gasteiger partial charge in [-0.2, -0.15) is 15.0 Å². The van der Waals surface area contributed by atoms with Gasteiger partial charge in [-0.05, 0) is 46.6 Å². The SMILES string of the molecule is CCOC(=O)[C@]1(n2c(OC(=O)N(c3ccccc3)c3ccccc3)c3[nH]cnc3nc2=NC(C)=O)C[C@H](CO[Si](c2ccccc2)(c2ccccc2)C(C)(C)C)N(C)O1. The fraction of sp³-hybridized carbons (Fsp3) is 0.273. The van der Waals surface area contributed by atoms with Gasteiger partial charge < -0.3 is 18.9 Å². The zero-order valence-electron chi connectivity index (χ0n) is 33.9. The number of nitrogens with one attached hydrogen (secondary N) is 1. The number of para-hydroxylation sites is 2. The summed E-state index contributed by atoms with van der Waals surface area (Å²) in [6, 6.07) is 37.8. The minimum absolute atomic E-state index is 0.0126. The maximum absolute atomic E-state index is 14.6. The Morgan fingerprint density at radius 3 is 1.95 bits per heavy atom. The van der Waals surface area contributed by atoms with Gasteiger partial charge in [-0.3, -0.25) is 9.63 Å². The molecule has 1 aliphatic rings. The molecule has 3 heterocycles. The molecule has 0 radical (unpaired) electrons. The van der Waals surface area contributed by atoms with Crippen LogP contribution in [0.2, 0.25) is 5.04 Å². The van der Waals surface area contributed by atoms with Gasteiger partial charge in [0.1, 0.15) is 5.52 Å². The molecule has 1 N–H and O–H groups in total. The fourth-order valence-electron chi connectivity index (χ4n) is 7.69. The van der Waals surface area contributed by atoms with Crippen LogP contribution in [0.15, 0.2) is 133 Å². The summed E-state index contributed by atoms with van der Waals surface area (Å²) in [6.07, 6.45) is 0.435. The number of H-pyrrole nitrogens is 1. The molecule has 2 amide bonds. The number of rotatable bonds is 11. The molecular formula is C44H47N7O7Si. The Bertz CT molecular complexity index is 2410. The first kappa shape index (κ1) is 40.9. The summed E-state index contributed by atoms with van der Waals surface area (Å²) in [4.78, 5) is 66.2. The summed E-state index contributed by atoms with van der Waals surface area (Å²) in [5.41, 5.74) is -1.16. The van der Waals surface area contributed by atoms with E-state index in [2.05, 4.69) is 65.0 Å². The second-order valence-electron chi connectivity index (χ2n) is 15.1. The second kappa shape index (κ2) is 16.9. The third-order valence-electron chi connectivity index (χ3n) is 10.3. The van der Waals surface area contributed by atoms with Crippen molar-refractivity contribution in [2.24, 2.45) is 4.99 Å². The van der Waals surface area contributed by atoms with Gasteiger partial charge in [-0.25, -0.2) is 24.0 Å². The Hall–Kier alpha value is -6.26. The molecule has 14 nitrogen and oxygen atoms in total. The molecule has 304 valence electrons. The Kier molecular flexibility index (Phi) is 11.7. The van der Waals surface area contributed by atoms with E-state index in [1.807, 2.05) is 48.5 Å². The number of carbonyl (C=O) groups excluding carboxylic acids is 3. The molecule has 0 spiro atoms. The first-order valence-electron chi connectivity index (χ1n) is 19.4. The minimum atomic E-state index is -3.05. The lowest BCUT2D eigenvalue weighted by molar-refractivity contribution is -0.239. The number of carbonyl (C=O) groups is 3. The standard InChI is InChI=1S/C44H47N7O7Si/c1-7-55-40(53)44(28-34(49(6)58-44)29-56-59(43(3,4)5,35-24-16-10-17-25-35)36-26-18-11-19-27-36)51-39(37-38(46-30-45-37)48-41(51)47-31(2)52)57-42(54)50(32-20-12-8-13-21-32)33-22-14-9-15-23-33/h8-27,30,34H,7,28-29H2,1-6H3,(H,45,46,47,48,52)/t34-,44+/m1/s1. The monoisotopic (exact) mass is 813 g/mol. The van der Waals surface area contributed by atoms with Crippen LogP contribution in [0.1, 0.15) is 41.0 Å². The highest BCUT2D eigenvalue weighted by Gasteiger charge is 2.57. The number of hydrogen-bond acceptors (Lipinski definition) is 10. The third-order valence-corrected chi connectivity index (χ3v) is 15.3. The summed E-state index contributed by atoms with van der Waals surface area (Å²) < 4.78 is 20.6. The van der Waals surface area contributed by atoms with Crippen LogP contribution in [-0.2, 0) is 29.3 Å². The fourth-order valence-corrected chi connectivity index (χ4v) is 12.3. The lowest BCUT2D eigenvalue weighted by Gasteiger charge is -2.43. The van der Waals surface area contributed by atoms with Crippen LogP contribution in [0.4, 0.5) is 16.2 Å². The number of fused-ring (bicyclic) bond motifs is 1. The molecule has 1 aliphatic heterocycles. The summed E-state index contributed by atoms with van der Waals surface area (Å²) in [5, 5.41) is 3.37. The zero-order valence-corrected chi connectivity index (χ0v) is 34.9. The lowest BCUT2D eigenvalue weighted by atomic mass is 10.0. The summed E-state index contributed by atoms with van der Waals surface area (Å²) in [7, 11) is -1.36. The number of benzene rings is 4. The summed E-state index contributed by atoms with van der Waals surface area (Å²) in [6.45, 7) is 9.58. The molecule has 0 bridgehead atoms. The smallest absolute Gasteiger partial charge is 0.425 e. The van der Waals surface area contributed by atoms with Gasteiger partial charge >= 0.3 is 12.1 Å². The Balaban J connectivity index is 1.38. The molecule has 59 heavy (non-hydrogen) atoms. The predicted octanol–water partition coefficient (Wildman–Crippen LogP) is 5.97. The quantitative estimate of drug-likeness (QED) is 0.122. The highest BCUT2D eigenvalue weighted by molar-refractivity contribution is 6.99. The van der Waals surface area contributed by atoms with Gasteiger partial charge in [-0.15, -0.1) is 0 Å². The van der Waals surface area contributed by atoms with Crippen molar-refractivity contribution in [3.8, 4) is 5.88 Å². The van der Waals surface area contributed by atoms with E-state index in [-0.39, 0.29) is 47.3 Å². The van der Waals surface area contributed by atoms with Crippen LogP contribution in [0, 0.1) is 0 Å². The second-order valence-corrected chi connectivity index (χ2v) is 19.4. The van der Waals surface area contributed by atoms with Crippen LogP contribution in [-0.4, -0.2) is 77.2 Å². The van der Waals surface area contributed by atoms with Gasteiger partial charge in [0.05, 0.1) is 37.0 Å². The minimum Gasteiger partial charge on any atom is -0.462 e. The number of likely N-dealkylation sites (N-methyl/N-ethyl adjacent to an activating group) is 1. The van der Waals surface area contributed by atoms with Crippen LogP contribution < -0.4 is 25.6 Å². The Morgan fingerprint density at radius 2 is 1.44 bits per heavy atom. The number of ether oxygens (including phenoxy) is 2. The summed E-state index contributed by atoms with van der Waals surface area (Å²) >= 11 is 0. The van der Waals surface area contributed by atoms with Gasteiger partial charge in [0.2, 0.25) is 17.4 Å². The Morgan fingerprint density at radius 1 is 0.898 bits per heavy atom. The molecule has 2 aromatic heterocycles. The number of hydrogen-bond donors (Lipinski definition) is 1. The maximum Gasteiger partial charge on any atom is 0.425 e.